The molecule has 5 nitrogen and oxygen atoms in total. The third-order valence-electron chi connectivity index (χ3n) is 7.20. The Labute approximate surface area is 161 Å². The molecule has 3 fully saturated rings. The zero-order chi connectivity index (χ0) is 18.8. The Balaban J connectivity index is 1.58. The third-order valence-corrected chi connectivity index (χ3v) is 7.20. The summed E-state index contributed by atoms with van der Waals surface area (Å²) in [5.74, 6) is 0.816. The number of carbonyl (C=O) groups is 1. The number of rotatable bonds is 2. The van der Waals surface area contributed by atoms with Gasteiger partial charge in [0.25, 0.3) is 0 Å². The van der Waals surface area contributed by atoms with Gasteiger partial charge < -0.3 is 19.1 Å². The van der Waals surface area contributed by atoms with Crippen molar-refractivity contribution in [1.29, 1.82) is 0 Å². The number of nitrogens with zero attached hydrogens (tertiary/aromatic N) is 1. The van der Waals surface area contributed by atoms with E-state index < -0.39 is 5.79 Å². The molecular formula is C22H29NO4. The molecule has 5 rings (SSSR count). The standard InChI is InChI=1S/C22H29NO4/c1-21(2)26-13-22-9-10-23(20(24)14-5-4-6-14)18(19(22)27-21)11-15-7-8-16(25-3)12-17(15)22/h7-8,12,14,18-19H,4-6,9-11,13H2,1-3H3/t18-,19+,22-/m1/s1. The lowest BCUT2D eigenvalue weighted by molar-refractivity contribution is -0.321. The minimum absolute atomic E-state index is 0.0290. The number of benzene rings is 1. The number of hydrogen-bond donors (Lipinski definition) is 0. The molecule has 5 heteroatoms. The van der Waals surface area contributed by atoms with Crippen molar-refractivity contribution in [3.8, 4) is 5.75 Å². The number of amides is 1. The van der Waals surface area contributed by atoms with Gasteiger partial charge in [-0.15, -0.1) is 0 Å². The second-order valence-corrected chi connectivity index (χ2v) is 9.09. The van der Waals surface area contributed by atoms with E-state index in [1.54, 1.807) is 7.11 Å². The molecule has 0 aromatic heterocycles. The fraction of sp³-hybridized carbons (Fsp3) is 0.682. The van der Waals surface area contributed by atoms with Gasteiger partial charge in [0.2, 0.25) is 5.91 Å². The Hall–Kier alpha value is -1.59. The highest BCUT2D eigenvalue weighted by atomic mass is 16.7. The average Bonchev–Trinajstić information content (AvgIpc) is 2.59. The minimum Gasteiger partial charge on any atom is -0.497 e. The number of carbonyl (C=O) groups excluding carboxylic acids is 1. The molecule has 2 aliphatic heterocycles. The van der Waals surface area contributed by atoms with Gasteiger partial charge in [0.15, 0.2) is 5.79 Å². The van der Waals surface area contributed by atoms with E-state index in [0.717, 1.165) is 38.0 Å². The van der Waals surface area contributed by atoms with Crippen LogP contribution in [0.3, 0.4) is 0 Å². The van der Waals surface area contributed by atoms with E-state index in [9.17, 15) is 4.79 Å². The van der Waals surface area contributed by atoms with Crippen molar-refractivity contribution in [2.45, 2.75) is 69.3 Å². The Morgan fingerprint density at radius 2 is 2.11 bits per heavy atom. The molecule has 0 radical (unpaired) electrons. The second-order valence-electron chi connectivity index (χ2n) is 9.09. The van der Waals surface area contributed by atoms with Crippen LogP contribution in [0.2, 0.25) is 0 Å². The third kappa shape index (κ3) is 2.54. The van der Waals surface area contributed by atoms with Gasteiger partial charge in [0.1, 0.15) is 5.75 Å². The van der Waals surface area contributed by atoms with Gasteiger partial charge in [0, 0.05) is 17.9 Å². The van der Waals surface area contributed by atoms with Crippen molar-refractivity contribution >= 4 is 5.91 Å². The summed E-state index contributed by atoms with van der Waals surface area (Å²) in [6.45, 7) is 5.39. The zero-order valence-corrected chi connectivity index (χ0v) is 16.5. The maximum absolute atomic E-state index is 13.1. The van der Waals surface area contributed by atoms with Crippen LogP contribution in [-0.4, -0.2) is 49.0 Å². The van der Waals surface area contributed by atoms with Crippen molar-refractivity contribution in [1.82, 2.24) is 4.90 Å². The summed E-state index contributed by atoms with van der Waals surface area (Å²) in [5.41, 5.74) is 2.39. The first kappa shape index (κ1) is 17.5. The minimum atomic E-state index is -0.620. The van der Waals surface area contributed by atoms with Gasteiger partial charge >= 0.3 is 0 Å². The van der Waals surface area contributed by atoms with Crippen molar-refractivity contribution in [2.75, 3.05) is 20.3 Å². The van der Waals surface area contributed by atoms with Crippen LogP contribution in [0.25, 0.3) is 0 Å². The van der Waals surface area contributed by atoms with Crippen LogP contribution >= 0.6 is 0 Å². The Kier molecular flexibility index (Phi) is 3.86. The molecule has 2 saturated heterocycles. The fourth-order valence-corrected chi connectivity index (χ4v) is 5.44. The molecule has 2 bridgehead atoms. The van der Waals surface area contributed by atoms with Crippen molar-refractivity contribution in [3.63, 3.8) is 0 Å². The molecule has 1 aromatic carbocycles. The van der Waals surface area contributed by atoms with Gasteiger partial charge in [0.05, 0.1) is 25.9 Å². The maximum Gasteiger partial charge on any atom is 0.226 e. The van der Waals surface area contributed by atoms with E-state index in [1.807, 2.05) is 19.9 Å². The topological polar surface area (TPSA) is 48.0 Å². The summed E-state index contributed by atoms with van der Waals surface area (Å²) in [6, 6.07) is 6.44. The molecule has 1 amide bonds. The van der Waals surface area contributed by atoms with Crippen LogP contribution in [0.15, 0.2) is 18.2 Å². The lowest BCUT2D eigenvalue weighted by Gasteiger charge is -2.60. The molecule has 2 aliphatic carbocycles. The SMILES string of the molecule is COc1ccc2c(c1)[C@]13CCN(C(=O)C4CCC4)[C@H](C2)[C@@H]1OC(C)(C)OC3. The normalized spacial score (nSPS) is 34.3. The first-order valence-corrected chi connectivity index (χ1v) is 10.2. The Morgan fingerprint density at radius 3 is 2.81 bits per heavy atom. The number of ether oxygens (including phenoxy) is 3. The number of hydrogen-bond acceptors (Lipinski definition) is 4. The van der Waals surface area contributed by atoms with E-state index in [-0.39, 0.29) is 23.5 Å². The van der Waals surface area contributed by atoms with E-state index in [2.05, 4.69) is 17.0 Å². The summed E-state index contributed by atoms with van der Waals surface area (Å²) < 4.78 is 18.2. The van der Waals surface area contributed by atoms with E-state index in [0.29, 0.717) is 12.5 Å². The summed E-state index contributed by atoms with van der Waals surface area (Å²) >= 11 is 0. The smallest absolute Gasteiger partial charge is 0.226 e. The van der Waals surface area contributed by atoms with Crippen LogP contribution in [0.4, 0.5) is 0 Å². The Morgan fingerprint density at radius 1 is 1.30 bits per heavy atom. The second kappa shape index (κ2) is 5.95. The molecule has 0 spiro atoms. The monoisotopic (exact) mass is 371 g/mol. The van der Waals surface area contributed by atoms with Crippen LogP contribution in [0.1, 0.15) is 50.7 Å². The number of methoxy groups -OCH3 is 1. The molecule has 0 unspecified atom stereocenters. The molecule has 1 aromatic rings. The van der Waals surface area contributed by atoms with Crippen molar-refractivity contribution in [3.05, 3.63) is 29.3 Å². The van der Waals surface area contributed by atoms with Crippen LogP contribution in [0, 0.1) is 5.92 Å². The molecule has 2 heterocycles. The maximum atomic E-state index is 13.1. The molecule has 1 saturated carbocycles. The van der Waals surface area contributed by atoms with Gasteiger partial charge in [-0.2, -0.15) is 0 Å². The zero-order valence-electron chi connectivity index (χ0n) is 16.5. The molecule has 0 N–H and O–H groups in total. The van der Waals surface area contributed by atoms with Gasteiger partial charge in [-0.1, -0.05) is 12.5 Å². The van der Waals surface area contributed by atoms with E-state index in [1.165, 1.54) is 17.5 Å². The quantitative estimate of drug-likeness (QED) is 0.802. The first-order chi connectivity index (χ1) is 12.9. The predicted molar refractivity (Wildman–Crippen MR) is 101 cm³/mol. The first-order valence-electron chi connectivity index (χ1n) is 10.2. The lowest BCUT2D eigenvalue weighted by atomic mass is 9.61. The fourth-order valence-electron chi connectivity index (χ4n) is 5.44. The van der Waals surface area contributed by atoms with Crippen LogP contribution in [-0.2, 0) is 26.1 Å². The van der Waals surface area contributed by atoms with Gasteiger partial charge in [-0.3, -0.25) is 4.79 Å². The van der Waals surface area contributed by atoms with Crippen molar-refractivity contribution in [2.24, 2.45) is 5.92 Å². The largest absolute Gasteiger partial charge is 0.497 e. The van der Waals surface area contributed by atoms with Crippen molar-refractivity contribution < 1.29 is 19.0 Å². The highest BCUT2D eigenvalue weighted by molar-refractivity contribution is 5.80. The Bertz CT molecular complexity index is 772. The highest BCUT2D eigenvalue weighted by Crippen LogP contribution is 2.52. The predicted octanol–water partition coefficient (Wildman–Crippen LogP) is 3.04. The summed E-state index contributed by atoms with van der Waals surface area (Å²) in [6.07, 6.45) is 4.96. The average molecular weight is 371 g/mol. The van der Waals surface area contributed by atoms with E-state index in [4.69, 9.17) is 14.2 Å². The number of piperidine rings is 1. The number of fused-ring (bicyclic) bond motifs is 1. The molecule has 3 atom stereocenters. The molecule has 4 aliphatic rings. The molecule has 27 heavy (non-hydrogen) atoms. The lowest BCUT2D eigenvalue weighted by Crippen LogP contribution is -2.71. The highest BCUT2D eigenvalue weighted by Gasteiger charge is 2.59. The van der Waals surface area contributed by atoms with Crippen LogP contribution in [0.5, 0.6) is 5.75 Å². The van der Waals surface area contributed by atoms with E-state index >= 15 is 0 Å². The summed E-state index contributed by atoms with van der Waals surface area (Å²) in [5, 5.41) is 0. The summed E-state index contributed by atoms with van der Waals surface area (Å²) in [7, 11) is 1.71. The molecule has 146 valence electrons. The van der Waals surface area contributed by atoms with Gasteiger partial charge in [-0.25, -0.2) is 0 Å². The molecular weight excluding hydrogens is 342 g/mol. The number of likely N-dealkylation sites (tertiary alicyclic amines) is 1. The van der Waals surface area contributed by atoms with Crippen LogP contribution < -0.4 is 4.74 Å². The summed E-state index contributed by atoms with van der Waals surface area (Å²) in [4.78, 5) is 15.3. The van der Waals surface area contributed by atoms with Gasteiger partial charge in [-0.05, 0) is 62.8 Å².